The normalized spacial score (nSPS) is 12.8. The molecule has 0 aliphatic rings. The van der Waals surface area contributed by atoms with Crippen molar-refractivity contribution in [1.82, 2.24) is 9.97 Å². The number of nitrogens with one attached hydrogen (secondary N) is 1. The van der Waals surface area contributed by atoms with Gasteiger partial charge in [0.25, 0.3) is 0 Å². The molecule has 1 aromatic carbocycles. The first-order valence-electron chi connectivity index (χ1n) is 5.44. The highest BCUT2D eigenvalue weighted by atomic mass is 16.4. The summed E-state index contributed by atoms with van der Waals surface area (Å²) in [4.78, 5) is 18.0. The van der Waals surface area contributed by atoms with Crippen molar-refractivity contribution in [2.24, 2.45) is 5.92 Å². The van der Waals surface area contributed by atoms with Crippen molar-refractivity contribution in [3.63, 3.8) is 0 Å². The maximum atomic E-state index is 10.6. The van der Waals surface area contributed by atoms with Crippen molar-refractivity contribution in [3.8, 4) is 5.75 Å². The number of aromatic nitrogens is 2. The molecule has 0 spiro atoms. The van der Waals surface area contributed by atoms with Crippen LogP contribution in [0.1, 0.15) is 19.2 Å². The van der Waals surface area contributed by atoms with Crippen LogP contribution in [0.4, 0.5) is 0 Å². The Morgan fingerprint density at radius 1 is 1.53 bits per heavy atom. The Bertz CT molecular complexity index is 548. The molecule has 5 nitrogen and oxygen atoms in total. The third-order valence-electron chi connectivity index (χ3n) is 2.58. The summed E-state index contributed by atoms with van der Waals surface area (Å²) in [7, 11) is 0. The number of imidazole rings is 1. The van der Waals surface area contributed by atoms with E-state index in [0.29, 0.717) is 6.42 Å². The largest absolute Gasteiger partial charge is 0.508 e. The summed E-state index contributed by atoms with van der Waals surface area (Å²) in [6.07, 6.45) is 0.712. The zero-order valence-corrected chi connectivity index (χ0v) is 9.47. The van der Waals surface area contributed by atoms with Crippen LogP contribution >= 0.6 is 0 Å². The quantitative estimate of drug-likeness (QED) is 0.754. The number of aromatic hydroxyl groups is 1. The van der Waals surface area contributed by atoms with Crippen molar-refractivity contribution >= 4 is 17.0 Å². The van der Waals surface area contributed by atoms with Gasteiger partial charge in [0.15, 0.2) is 0 Å². The van der Waals surface area contributed by atoms with Crippen molar-refractivity contribution < 1.29 is 15.0 Å². The number of aromatic amines is 1. The second-order valence-electron chi connectivity index (χ2n) is 4.29. The molecule has 0 radical (unpaired) electrons. The molecule has 1 aromatic heterocycles. The Balaban J connectivity index is 2.16. The first-order chi connectivity index (χ1) is 8.04. The number of carbonyl (C=O) groups is 1. The molecule has 0 saturated heterocycles. The lowest BCUT2D eigenvalue weighted by Gasteiger charge is -2.04. The number of hydrogen-bond donors (Lipinski definition) is 3. The fourth-order valence-corrected chi connectivity index (χ4v) is 1.85. The number of H-pyrrole nitrogens is 1. The van der Waals surface area contributed by atoms with Crippen LogP contribution in [-0.4, -0.2) is 26.2 Å². The predicted molar refractivity (Wildman–Crippen MR) is 62.9 cm³/mol. The van der Waals surface area contributed by atoms with Crippen LogP contribution in [0.25, 0.3) is 11.0 Å². The van der Waals surface area contributed by atoms with Crippen LogP contribution in [0.5, 0.6) is 5.75 Å². The first-order valence-corrected chi connectivity index (χ1v) is 5.44. The number of aliphatic carboxylic acids is 1. The Kier molecular flexibility index (Phi) is 2.99. The van der Waals surface area contributed by atoms with Gasteiger partial charge in [-0.15, -0.1) is 0 Å². The fourth-order valence-electron chi connectivity index (χ4n) is 1.85. The van der Waals surface area contributed by atoms with Gasteiger partial charge in [-0.3, -0.25) is 4.79 Å². The molecule has 0 amide bonds. The zero-order valence-electron chi connectivity index (χ0n) is 9.47. The van der Waals surface area contributed by atoms with Gasteiger partial charge in [-0.1, -0.05) is 6.92 Å². The topological polar surface area (TPSA) is 86.2 Å². The minimum Gasteiger partial charge on any atom is -0.508 e. The van der Waals surface area contributed by atoms with E-state index in [-0.39, 0.29) is 18.1 Å². The Morgan fingerprint density at radius 2 is 2.29 bits per heavy atom. The number of carboxylic acid groups (broad SMARTS) is 1. The molecule has 1 heterocycles. The van der Waals surface area contributed by atoms with E-state index in [0.717, 1.165) is 16.9 Å². The minimum atomic E-state index is -0.800. The molecule has 3 N–H and O–H groups in total. The lowest BCUT2D eigenvalue weighted by molar-refractivity contribution is -0.137. The molecule has 2 rings (SSSR count). The van der Waals surface area contributed by atoms with E-state index in [1.807, 2.05) is 6.92 Å². The summed E-state index contributed by atoms with van der Waals surface area (Å²) in [5, 5.41) is 18.0. The summed E-state index contributed by atoms with van der Waals surface area (Å²) >= 11 is 0. The van der Waals surface area contributed by atoms with E-state index < -0.39 is 5.97 Å². The van der Waals surface area contributed by atoms with Crippen molar-refractivity contribution in [2.75, 3.05) is 0 Å². The van der Waals surface area contributed by atoms with Gasteiger partial charge in [-0.2, -0.15) is 0 Å². The predicted octanol–water partition coefficient (Wildman–Crippen LogP) is 1.92. The van der Waals surface area contributed by atoms with Gasteiger partial charge in [0.2, 0.25) is 0 Å². The summed E-state index contributed by atoms with van der Waals surface area (Å²) in [6, 6.07) is 4.91. The Morgan fingerprint density at radius 3 is 3.00 bits per heavy atom. The van der Waals surface area contributed by atoms with Crippen LogP contribution in [-0.2, 0) is 11.2 Å². The second kappa shape index (κ2) is 4.45. The van der Waals surface area contributed by atoms with Crippen molar-refractivity contribution in [1.29, 1.82) is 0 Å². The van der Waals surface area contributed by atoms with E-state index in [1.165, 1.54) is 0 Å². The van der Waals surface area contributed by atoms with E-state index in [4.69, 9.17) is 5.11 Å². The van der Waals surface area contributed by atoms with Crippen LogP contribution in [0.15, 0.2) is 18.2 Å². The summed E-state index contributed by atoms with van der Waals surface area (Å²) in [5.74, 6) is 0.165. The maximum Gasteiger partial charge on any atom is 0.303 e. The van der Waals surface area contributed by atoms with E-state index in [1.54, 1.807) is 18.2 Å². The van der Waals surface area contributed by atoms with Crippen molar-refractivity contribution in [2.45, 2.75) is 19.8 Å². The highest BCUT2D eigenvalue weighted by Gasteiger charge is 2.11. The monoisotopic (exact) mass is 234 g/mol. The molecule has 0 aliphatic heterocycles. The molecule has 90 valence electrons. The molecule has 0 aliphatic carbocycles. The molecule has 5 heteroatoms. The lowest BCUT2D eigenvalue weighted by atomic mass is 10.0. The van der Waals surface area contributed by atoms with Gasteiger partial charge < -0.3 is 15.2 Å². The average Bonchev–Trinajstić information content (AvgIpc) is 2.57. The maximum absolute atomic E-state index is 10.6. The Labute approximate surface area is 98.1 Å². The minimum absolute atomic E-state index is 0.0293. The van der Waals surface area contributed by atoms with Crippen molar-refractivity contribution in [3.05, 3.63) is 24.0 Å². The number of benzene rings is 1. The lowest BCUT2D eigenvalue weighted by Crippen LogP contribution is -2.07. The van der Waals surface area contributed by atoms with E-state index in [9.17, 15) is 9.90 Å². The SMILES string of the molecule is CC(CC(=O)O)Cc1nc2ccc(O)cc2[nH]1. The standard InChI is InChI=1S/C12H14N2O3/c1-7(5-12(16)17)4-11-13-9-3-2-8(15)6-10(9)14-11/h2-3,6-7,15H,4-5H2,1H3,(H,13,14)(H,16,17). The first kappa shape index (κ1) is 11.4. The molecule has 0 fully saturated rings. The number of phenolic OH excluding ortho intramolecular Hbond substituents is 1. The summed E-state index contributed by atoms with van der Waals surface area (Å²) in [5.41, 5.74) is 1.54. The molecule has 17 heavy (non-hydrogen) atoms. The summed E-state index contributed by atoms with van der Waals surface area (Å²) < 4.78 is 0. The highest BCUT2D eigenvalue weighted by Crippen LogP contribution is 2.19. The van der Waals surface area contributed by atoms with Crippen LogP contribution in [0.2, 0.25) is 0 Å². The second-order valence-corrected chi connectivity index (χ2v) is 4.29. The van der Waals surface area contributed by atoms with E-state index in [2.05, 4.69) is 9.97 Å². The smallest absolute Gasteiger partial charge is 0.303 e. The number of nitrogens with zero attached hydrogens (tertiary/aromatic N) is 1. The van der Waals surface area contributed by atoms with Crippen LogP contribution in [0, 0.1) is 5.92 Å². The van der Waals surface area contributed by atoms with Gasteiger partial charge in [-0.25, -0.2) is 4.98 Å². The molecule has 1 atom stereocenters. The third-order valence-corrected chi connectivity index (χ3v) is 2.58. The Hall–Kier alpha value is -2.04. The van der Waals surface area contributed by atoms with Gasteiger partial charge in [-0.05, 0) is 18.1 Å². The summed E-state index contributed by atoms with van der Waals surface area (Å²) in [6.45, 7) is 1.87. The van der Waals surface area contributed by atoms with Gasteiger partial charge >= 0.3 is 5.97 Å². The van der Waals surface area contributed by atoms with Crippen LogP contribution < -0.4 is 0 Å². The van der Waals surface area contributed by atoms with Gasteiger partial charge in [0.1, 0.15) is 11.6 Å². The molecular formula is C12H14N2O3. The highest BCUT2D eigenvalue weighted by molar-refractivity contribution is 5.76. The van der Waals surface area contributed by atoms with E-state index >= 15 is 0 Å². The fraction of sp³-hybridized carbons (Fsp3) is 0.333. The average molecular weight is 234 g/mol. The number of carboxylic acids is 1. The van der Waals surface area contributed by atoms with Crippen LogP contribution in [0.3, 0.4) is 0 Å². The van der Waals surface area contributed by atoms with Gasteiger partial charge in [0.05, 0.1) is 11.0 Å². The molecular weight excluding hydrogens is 220 g/mol. The third kappa shape index (κ3) is 2.75. The molecule has 0 bridgehead atoms. The molecule has 2 aromatic rings. The number of phenols is 1. The number of rotatable bonds is 4. The number of hydrogen-bond acceptors (Lipinski definition) is 3. The number of fused-ring (bicyclic) bond motifs is 1. The molecule has 1 unspecified atom stereocenters. The molecule has 0 saturated carbocycles. The van der Waals surface area contributed by atoms with Gasteiger partial charge in [0, 0.05) is 18.9 Å². The zero-order chi connectivity index (χ0) is 12.4.